The molecule has 3 aromatic carbocycles. The Kier molecular flexibility index (Phi) is 6.61. The van der Waals surface area contributed by atoms with Crippen LogP contribution in [0.25, 0.3) is 0 Å². The van der Waals surface area contributed by atoms with Gasteiger partial charge in [0.2, 0.25) is 0 Å². The quantitative estimate of drug-likeness (QED) is 0.427. The van der Waals surface area contributed by atoms with E-state index in [2.05, 4.69) is 10.6 Å². The molecule has 0 fully saturated rings. The fraction of sp³-hybridized carbons (Fsp3) is 0.0476. The van der Waals surface area contributed by atoms with Crippen molar-refractivity contribution in [1.82, 2.24) is 0 Å². The van der Waals surface area contributed by atoms with E-state index in [1.165, 1.54) is 24.3 Å². The molecular formula is C21H16ClN3O5. The molecule has 0 atom stereocenters. The number of ether oxygens (including phenoxy) is 1. The molecule has 0 bridgehead atoms. The van der Waals surface area contributed by atoms with Crippen molar-refractivity contribution in [3.8, 4) is 5.75 Å². The molecule has 0 saturated carbocycles. The number of nitrogens with zero attached hydrogens (tertiary/aromatic N) is 1. The highest BCUT2D eigenvalue weighted by Crippen LogP contribution is 2.19. The molecule has 0 heterocycles. The van der Waals surface area contributed by atoms with Crippen molar-refractivity contribution in [1.29, 1.82) is 0 Å². The molecule has 0 radical (unpaired) electrons. The van der Waals surface area contributed by atoms with Crippen LogP contribution >= 0.6 is 11.6 Å². The fourth-order valence-electron chi connectivity index (χ4n) is 2.52. The Morgan fingerprint density at radius 2 is 1.60 bits per heavy atom. The monoisotopic (exact) mass is 425 g/mol. The van der Waals surface area contributed by atoms with Gasteiger partial charge in [0.15, 0.2) is 6.61 Å². The third kappa shape index (κ3) is 5.79. The van der Waals surface area contributed by atoms with Crippen LogP contribution in [0.15, 0.2) is 72.8 Å². The largest absolute Gasteiger partial charge is 0.484 e. The third-order valence-corrected chi connectivity index (χ3v) is 4.14. The van der Waals surface area contributed by atoms with Crippen molar-refractivity contribution in [2.45, 2.75) is 0 Å². The minimum Gasteiger partial charge on any atom is -0.484 e. The van der Waals surface area contributed by atoms with Gasteiger partial charge < -0.3 is 15.4 Å². The van der Waals surface area contributed by atoms with Crippen LogP contribution in [0.2, 0.25) is 5.02 Å². The van der Waals surface area contributed by atoms with E-state index >= 15 is 0 Å². The van der Waals surface area contributed by atoms with Gasteiger partial charge in [0, 0.05) is 34.1 Å². The van der Waals surface area contributed by atoms with E-state index in [9.17, 15) is 19.7 Å². The number of halogens is 1. The third-order valence-electron chi connectivity index (χ3n) is 3.91. The van der Waals surface area contributed by atoms with Crippen molar-refractivity contribution >= 4 is 40.5 Å². The summed E-state index contributed by atoms with van der Waals surface area (Å²) in [5.41, 5.74) is 1.31. The summed E-state index contributed by atoms with van der Waals surface area (Å²) in [6, 6.07) is 18.6. The predicted octanol–water partition coefficient (Wildman–Crippen LogP) is 4.52. The Morgan fingerprint density at radius 1 is 0.933 bits per heavy atom. The number of anilines is 2. The lowest BCUT2D eigenvalue weighted by Gasteiger charge is -2.10. The van der Waals surface area contributed by atoms with Crippen molar-refractivity contribution in [2.24, 2.45) is 0 Å². The molecule has 0 aliphatic carbocycles. The van der Waals surface area contributed by atoms with E-state index in [0.29, 0.717) is 27.7 Å². The van der Waals surface area contributed by atoms with Gasteiger partial charge in [-0.2, -0.15) is 0 Å². The van der Waals surface area contributed by atoms with E-state index in [4.69, 9.17) is 16.3 Å². The molecule has 0 saturated heterocycles. The second kappa shape index (κ2) is 9.53. The summed E-state index contributed by atoms with van der Waals surface area (Å²) in [6.07, 6.45) is 0. The number of carbonyl (C=O) groups is 2. The molecule has 2 amide bonds. The average molecular weight is 426 g/mol. The highest BCUT2D eigenvalue weighted by Gasteiger charge is 2.09. The summed E-state index contributed by atoms with van der Waals surface area (Å²) in [7, 11) is 0. The zero-order chi connectivity index (χ0) is 21.5. The van der Waals surface area contributed by atoms with Gasteiger partial charge in [0.1, 0.15) is 5.75 Å². The zero-order valence-corrected chi connectivity index (χ0v) is 16.3. The van der Waals surface area contributed by atoms with Crippen LogP contribution in [0.4, 0.5) is 17.1 Å². The number of carbonyl (C=O) groups excluding carboxylic acids is 2. The topological polar surface area (TPSA) is 111 Å². The molecular weight excluding hydrogens is 410 g/mol. The Bertz CT molecular complexity index is 1090. The molecule has 3 aromatic rings. The number of nitro benzene ring substituents is 1. The van der Waals surface area contributed by atoms with Gasteiger partial charge in [-0.25, -0.2) is 0 Å². The maximum absolute atomic E-state index is 12.3. The molecule has 8 nitrogen and oxygen atoms in total. The number of hydrogen-bond acceptors (Lipinski definition) is 5. The highest BCUT2D eigenvalue weighted by atomic mass is 35.5. The molecule has 0 aliphatic rings. The first-order valence-corrected chi connectivity index (χ1v) is 9.12. The minimum atomic E-state index is -0.519. The van der Waals surface area contributed by atoms with Crippen LogP contribution in [-0.2, 0) is 4.79 Å². The first kappa shape index (κ1) is 20.8. The molecule has 0 aromatic heterocycles. The van der Waals surface area contributed by atoms with Gasteiger partial charge >= 0.3 is 0 Å². The van der Waals surface area contributed by atoms with Crippen LogP contribution in [-0.4, -0.2) is 23.3 Å². The Hall–Kier alpha value is -3.91. The minimum absolute atomic E-state index is 0.0663. The molecule has 30 heavy (non-hydrogen) atoms. The van der Waals surface area contributed by atoms with E-state index in [1.54, 1.807) is 48.5 Å². The molecule has 0 unspecified atom stereocenters. The standard InChI is InChI=1S/C21H16ClN3O5/c22-15-4-1-3-14(11-15)21(27)24-17-6-2-5-16(12-17)23-20(26)13-30-19-9-7-18(8-10-19)25(28)29/h1-12H,13H2,(H,23,26)(H,24,27). The Morgan fingerprint density at radius 3 is 2.27 bits per heavy atom. The lowest BCUT2D eigenvalue weighted by atomic mass is 10.2. The first-order chi connectivity index (χ1) is 14.4. The molecule has 152 valence electrons. The van der Waals surface area contributed by atoms with Crippen LogP contribution in [0.3, 0.4) is 0 Å². The maximum Gasteiger partial charge on any atom is 0.269 e. The van der Waals surface area contributed by atoms with Crippen molar-refractivity contribution in [2.75, 3.05) is 17.2 Å². The summed E-state index contributed by atoms with van der Waals surface area (Å²) < 4.78 is 5.32. The number of non-ortho nitro benzene ring substituents is 1. The van der Waals surface area contributed by atoms with Crippen LogP contribution in [0, 0.1) is 10.1 Å². The molecule has 0 aliphatic heterocycles. The van der Waals surface area contributed by atoms with E-state index < -0.39 is 10.8 Å². The number of nitrogens with one attached hydrogen (secondary N) is 2. The van der Waals surface area contributed by atoms with Crippen molar-refractivity contribution in [3.63, 3.8) is 0 Å². The summed E-state index contributed by atoms with van der Waals surface area (Å²) in [4.78, 5) is 34.5. The molecule has 0 spiro atoms. The normalized spacial score (nSPS) is 10.2. The number of nitro groups is 1. The van der Waals surface area contributed by atoms with Crippen LogP contribution in [0.5, 0.6) is 5.75 Å². The number of hydrogen-bond donors (Lipinski definition) is 2. The van der Waals surface area contributed by atoms with Gasteiger partial charge in [-0.05, 0) is 48.5 Å². The number of amides is 2. The van der Waals surface area contributed by atoms with E-state index in [0.717, 1.165) is 0 Å². The molecule has 9 heteroatoms. The van der Waals surface area contributed by atoms with Gasteiger partial charge in [0.25, 0.3) is 17.5 Å². The van der Waals surface area contributed by atoms with Crippen LogP contribution in [0.1, 0.15) is 10.4 Å². The lowest BCUT2D eigenvalue weighted by Crippen LogP contribution is -2.20. The second-order valence-corrected chi connectivity index (χ2v) is 6.57. The average Bonchev–Trinajstić information content (AvgIpc) is 2.73. The van der Waals surface area contributed by atoms with Gasteiger partial charge in [-0.3, -0.25) is 19.7 Å². The fourth-order valence-corrected chi connectivity index (χ4v) is 2.71. The number of rotatable bonds is 7. The molecule has 2 N–H and O–H groups in total. The summed E-state index contributed by atoms with van der Waals surface area (Å²) in [5, 5.41) is 16.5. The summed E-state index contributed by atoms with van der Waals surface area (Å²) in [5.74, 6) is -0.424. The first-order valence-electron chi connectivity index (χ1n) is 8.75. The Labute approximate surface area is 176 Å². The van der Waals surface area contributed by atoms with E-state index in [1.807, 2.05) is 0 Å². The van der Waals surface area contributed by atoms with Gasteiger partial charge in [-0.15, -0.1) is 0 Å². The lowest BCUT2D eigenvalue weighted by molar-refractivity contribution is -0.384. The summed E-state index contributed by atoms with van der Waals surface area (Å²) >= 11 is 5.90. The maximum atomic E-state index is 12.3. The number of benzene rings is 3. The van der Waals surface area contributed by atoms with Gasteiger partial charge in [0.05, 0.1) is 4.92 Å². The smallest absolute Gasteiger partial charge is 0.269 e. The Balaban J connectivity index is 1.55. The summed E-state index contributed by atoms with van der Waals surface area (Å²) in [6.45, 7) is -0.281. The van der Waals surface area contributed by atoms with Crippen molar-refractivity contribution < 1.29 is 19.2 Å². The second-order valence-electron chi connectivity index (χ2n) is 6.13. The highest BCUT2D eigenvalue weighted by molar-refractivity contribution is 6.31. The zero-order valence-electron chi connectivity index (χ0n) is 15.5. The van der Waals surface area contributed by atoms with E-state index in [-0.39, 0.29) is 18.2 Å². The van der Waals surface area contributed by atoms with Crippen molar-refractivity contribution in [3.05, 3.63) is 93.5 Å². The SMILES string of the molecule is O=C(COc1ccc([N+](=O)[O-])cc1)Nc1cccc(NC(=O)c2cccc(Cl)c2)c1. The van der Waals surface area contributed by atoms with Crippen LogP contribution < -0.4 is 15.4 Å². The predicted molar refractivity (Wildman–Crippen MR) is 113 cm³/mol. The van der Waals surface area contributed by atoms with Gasteiger partial charge in [-0.1, -0.05) is 23.7 Å². The molecule has 3 rings (SSSR count).